The van der Waals surface area contributed by atoms with Gasteiger partial charge in [-0.25, -0.2) is 0 Å². The lowest BCUT2D eigenvalue weighted by molar-refractivity contribution is -0.115. The van der Waals surface area contributed by atoms with E-state index in [2.05, 4.69) is 20.5 Å². The van der Waals surface area contributed by atoms with Gasteiger partial charge in [-0.05, 0) is 50.2 Å². The first kappa shape index (κ1) is 18.2. The summed E-state index contributed by atoms with van der Waals surface area (Å²) in [4.78, 5) is 16.9. The van der Waals surface area contributed by atoms with E-state index in [-0.39, 0.29) is 5.91 Å². The lowest BCUT2D eigenvalue weighted by Gasteiger charge is -2.11. The molecule has 0 bridgehead atoms. The van der Waals surface area contributed by atoms with E-state index in [1.807, 2.05) is 61.5 Å². The summed E-state index contributed by atoms with van der Waals surface area (Å²) in [6, 6.07) is 17.3. The molecule has 2 heterocycles. The highest BCUT2D eigenvalue weighted by atomic mass is 32.2. The van der Waals surface area contributed by atoms with Crippen molar-refractivity contribution in [3.63, 3.8) is 0 Å². The van der Waals surface area contributed by atoms with Gasteiger partial charge in [0.2, 0.25) is 11.8 Å². The van der Waals surface area contributed by atoms with Crippen LogP contribution in [0, 0.1) is 6.92 Å². The Morgan fingerprint density at radius 3 is 2.71 bits per heavy atom. The van der Waals surface area contributed by atoms with Crippen LogP contribution in [0.2, 0.25) is 0 Å². The third kappa shape index (κ3) is 3.89. The van der Waals surface area contributed by atoms with Crippen LogP contribution in [0.4, 0.5) is 5.69 Å². The summed E-state index contributed by atoms with van der Waals surface area (Å²) in [5.41, 5.74) is 3.58. The maximum Gasteiger partial charge on any atom is 0.277 e. The molecule has 1 amide bonds. The van der Waals surface area contributed by atoms with Gasteiger partial charge in [-0.2, -0.15) is 0 Å². The van der Waals surface area contributed by atoms with Gasteiger partial charge in [0.05, 0.1) is 16.5 Å². The molecule has 7 heteroatoms. The highest BCUT2D eigenvalue weighted by molar-refractivity contribution is 8.00. The van der Waals surface area contributed by atoms with Crippen molar-refractivity contribution in [1.82, 2.24) is 15.2 Å². The first-order chi connectivity index (χ1) is 13.6. The topological polar surface area (TPSA) is 80.9 Å². The Hall–Kier alpha value is -3.19. The van der Waals surface area contributed by atoms with E-state index in [1.165, 1.54) is 11.8 Å². The minimum absolute atomic E-state index is 0.142. The molecule has 0 saturated heterocycles. The largest absolute Gasteiger partial charge is 0.411 e. The standard InChI is InChI=1S/C21H18N4O2S/c1-13-8-10-15(11-9-13)20-24-25-21(27-20)28-14(2)19(26)23-18-7-3-6-17-16(18)5-4-12-22-17/h3-12,14H,1-2H3,(H,23,26). The van der Waals surface area contributed by atoms with Crippen LogP contribution in [-0.2, 0) is 4.79 Å². The molecule has 0 fully saturated rings. The smallest absolute Gasteiger partial charge is 0.277 e. The van der Waals surface area contributed by atoms with Gasteiger partial charge in [0.15, 0.2) is 0 Å². The molecule has 1 atom stereocenters. The van der Waals surface area contributed by atoms with E-state index in [1.54, 1.807) is 13.1 Å². The molecule has 4 rings (SSSR count). The van der Waals surface area contributed by atoms with E-state index in [0.29, 0.717) is 11.1 Å². The molecule has 6 nitrogen and oxygen atoms in total. The lowest BCUT2D eigenvalue weighted by atomic mass is 10.1. The van der Waals surface area contributed by atoms with Gasteiger partial charge in [-0.1, -0.05) is 35.5 Å². The molecule has 1 N–H and O–H groups in total. The Morgan fingerprint density at radius 2 is 1.89 bits per heavy atom. The van der Waals surface area contributed by atoms with Crippen LogP contribution in [0.15, 0.2) is 70.4 Å². The molecule has 140 valence electrons. The number of anilines is 1. The van der Waals surface area contributed by atoms with E-state index in [9.17, 15) is 4.79 Å². The van der Waals surface area contributed by atoms with E-state index >= 15 is 0 Å². The molecule has 0 aliphatic heterocycles. The molecule has 4 aromatic rings. The van der Waals surface area contributed by atoms with Crippen molar-refractivity contribution in [3.05, 3.63) is 66.4 Å². The van der Waals surface area contributed by atoms with Crippen molar-refractivity contribution in [2.24, 2.45) is 0 Å². The highest BCUT2D eigenvalue weighted by Crippen LogP contribution is 2.28. The fourth-order valence-corrected chi connectivity index (χ4v) is 3.41. The van der Waals surface area contributed by atoms with Crippen LogP contribution >= 0.6 is 11.8 Å². The monoisotopic (exact) mass is 390 g/mol. The number of thioether (sulfide) groups is 1. The zero-order valence-corrected chi connectivity index (χ0v) is 16.2. The summed E-state index contributed by atoms with van der Waals surface area (Å²) in [5, 5.41) is 11.9. The number of carbonyl (C=O) groups is 1. The molecule has 2 aromatic heterocycles. The second kappa shape index (κ2) is 7.82. The number of hydrogen-bond acceptors (Lipinski definition) is 6. The fourth-order valence-electron chi connectivity index (χ4n) is 2.72. The number of fused-ring (bicyclic) bond motifs is 1. The van der Waals surface area contributed by atoms with Crippen LogP contribution in [-0.4, -0.2) is 26.3 Å². The molecule has 0 radical (unpaired) electrons. The van der Waals surface area contributed by atoms with Crippen molar-refractivity contribution in [3.8, 4) is 11.5 Å². The number of amides is 1. The summed E-state index contributed by atoms with van der Waals surface area (Å²) in [7, 11) is 0. The van der Waals surface area contributed by atoms with Crippen molar-refractivity contribution < 1.29 is 9.21 Å². The summed E-state index contributed by atoms with van der Waals surface area (Å²) in [5.74, 6) is 0.298. The third-order valence-corrected chi connectivity index (χ3v) is 5.19. The SMILES string of the molecule is Cc1ccc(-c2nnc(SC(C)C(=O)Nc3cccc4ncccc34)o2)cc1. The minimum atomic E-state index is -0.404. The number of aryl methyl sites for hydroxylation is 1. The normalized spacial score (nSPS) is 12.1. The quantitative estimate of drug-likeness (QED) is 0.497. The number of aromatic nitrogens is 3. The Kier molecular flexibility index (Phi) is 5.08. The van der Waals surface area contributed by atoms with E-state index in [0.717, 1.165) is 27.7 Å². The van der Waals surface area contributed by atoms with E-state index in [4.69, 9.17) is 4.42 Å². The second-order valence-electron chi connectivity index (χ2n) is 6.36. The van der Waals surface area contributed by atoms with Gasteiger partial charge < -0.3 is 9.73 Å². The van der Waals surface area contributed by atoms with Crippen LogP contribution in [0.5, 0.6) is 0 Å². The van der Waals surface area contributed by atoms with Crippen molar-refractivity contribution in [1.29, 1.82) is 0 Å². The van der Waals surface area contributed by atoms with Crippen LogP contribution < -0.4 is 5.32 Å². The second-order valence-corrected chi connectivity index (χ2v) is 7.66. The number of benzene rings is 2. The van der Waals surface area contributed by atoms with Crippen LogP contribution in [0.1, 0.15) is 12.5 Å². The molecule has 0 aliphatic rings. The summed E-state index contributed by atoms with van der Waals surface area (Å²) >= 11 is 1.23. The van der Waals surface area contributed by atoms with Gasteiger partial charge >= 0.3 is 0 Å². The van der Waals surface area contributed by atoms with Gasteiger partial charge in [-0.15, -0.1) is 10.2 Å². The van der Waals surface area contributed by atoms with Gasteiger partial charge in [0.1, 0.15) is 0 Å². The van der Waals surface area contributed by atoms with Crippen LogP contribution in [0.3, 0.4) is 0 Å². The number of hydrogen-bond donors (Lipinski definition) is 1. The van der Waals surface area contributed by atoms with Crippen molar-refractivity contribution in [2.45, 2.75) is 24.3 Å². The number of nitrogens with one attached hydrogen (secondary N) is 1. The molecule has 2 aromatic carbocycles. The molecule has 1 unspecified atom stereocenters. The van der Waals surface area contributed by atoms with Crippen molar-refractivity contribution >= 4 is 34.3 Å². The number of pyridine rings is 1. The van der Waals surface area contributed by atoms with E-state index < -0.39 is 5.25 Å². The number of nitrogens with zero attached hydrogens (tertiary/aromatic N) is 3. The maximum absolute atomic E-state index is 12.6. The number of carbonyl (C=O) groups excluding carboxylic acids is 1. The zero-order chi connectivity index (χ0) is 19.5. The average molecular weight is 390 g/mol. The predicted octanol–water partition coefficient (Wildman–Crippen LogP) is 4.71. The summed E-state index contributed by atoms with van der Waals surface area (Å²) < 4.78 is 5.70. The highest BCUT2D eigenvalue weighted by Gasteiger charge is 2.19. The molecule has 0 aliphatic carbocycles. The maximum atomic E-state index is 12.6. The first-order valence-corrected chi connectivity index (χ1v) is 9.70. The Bertz CT molecular complexity index is 1120. The summed E-state index contributed by atoms with van der Waals surface area (Å²) in [6.07, 6.45) is 1.73. The Balaban J connectivity index is 1.45. The van der Waals surface area contributed by atoms with Gasteiger partial charge in [0, 0.05) is 17.1 Å². The average Bonchev–Trinajstić information content (AvgIpc) is 3.17. The summed E-state index contributed by atoms with van der Waals surface area (Å²) in [6.45, 7) is 3.82. The third-order valence-electron chi connectivity index (χ3n) is 4.26. The van der Waals surface area contributed by atoms with Crippen molar-refractivity contribution in [2.75, 3.05) is 5.32 Å². The molecule has 0 spiro atoms. The van der Waals surface area contributed by atoms with Crippen LogP contribution in [0.25, 0.3) is 22.4 Å². The molecular weight excluding hydrogens is 372 g/mol. The first-order valence-electron chi connectivity index (χ1n) is 8.82. The Labute approximate surface area is 166 Å². The number of rotatable bonds is 5. The van der Waals surface area contributed by atoms with Gasteiger partial charge in [0.25, 0.3) is 5.22 Å². The fraction of sp³-hybridized carbons (Fsp3) is 0.143. The zero-order valence-electron chi connectivity index (χ0n) is 15.4. The molecule has 28 heavy (non-hydrogen) atoms. The van der Waals surface area contributed by atoms with Gasteiger partial charge in [-0.3, -0.25) is 9.78 Å². The molecular formula is C21H18N4O2S. The predicted molar refractivity (Wildman–Crippen MR) is 110 cm³/mol. The Morgan fingerprint density at radius 1 is 1.07 bits per heavy atom. The minimum Gasteiger partial charge on any atom is -0.411 e. The lowest BCUT2D eigenvalue weighted by Crippen LogP contribution is -2.22. The molecule has 0 saturated carbocycles.